The summed E-state index contributed by atoms with van der Waals surface area (Å²) >= 11 is 0. The summed E-state index contributed by atoms with van der Waals surface area (Å²) < 4.78 is 24.9. The number of nitrogens with two attached hydrogens (primary N) is 1. The molecule has 0 aromatic rings. The van der Waals surface area contributed by atoms with Gasteiger partial charge in [-0.2, -0.15) is 0 Å². The van der Waals surface area contributed by atoms with E-state index in [0.717, 1.165) is 6.26 Å². The Kier molecular flexibility index (Phi) is 4.97. The zero-order valence-corrected chi connectivity index (χ0v) is 13.0. The van der Waals surface area contributed by atoms with Crippen LogP contribution >= 0.6 is 0 Å². The van der Waals surface area contributed by atoms with Gasteiger partial charge in [0.2, 0.25) is 15.9 Å². The minimum absolute atomic E-state index is 0.0506. The molecule has 0 radical (unpaired) electrons. The number of hydrogen-bond acceptors (Lipinski definition) is 4. The highest BCUT2D eigenvalue weighted by Crippen LogP contribution is 2.21. The fourth-order valence-corrected chi connectivity index (χ4v) is 2.93. The van der Waals surface area contributed by atoms with E-state index in [1.807, 2.05) is 20.8 Å². The van der Waals surface area contributed by atoms with Gasteiger partial charge in [-0.15, -0.1) is 0 Å². The van der Waals surface area contributed by atoms with Crippen LogP contribution in [0.15, 0.2) is 0 Å². The van der Waals surface area contributed by atoms with Crippen molar-refractivity contribution in [2.45, 2.75) is 45.7 Å². The van der Waals surface area contributed by atoms with E-state index in [1.54, 1.807) is 4.90 Å². The average molecular weight is 291 g/mol. The third kappa shape index (κ3) is 5.08. The van der Waals surface area contributed by atoms with Crippen molar-refractivity contribution in [3.8, 4) is 0 Å². The number of rotatable bonds is 3. The Hall–Kier alpha value is -0.660. The van der Waals surface area contributed by atoms with Gasteiger partial charge in [0.05, 0.1) is 12.3 Å². The molecular formula is C12H25N3O3S. The number of amides is 1. The van der Waals surface area contributed by atoms with Gasteiger partial charge >= 0.3 is 0 Å². The Morgan fingerprint density at radius 2 is 1.79 bits per heavy atom. The van der Waals surface area contributed by atoms with Crippen LogP contribution in [0.5, 0.6) is 0 Å². The fourth-order valence-electron chi connectivity index (χ4n) is 2.09. The zero-order chi connectivity index (χ0) is 14.8. The Morgan fingerprint density at radius 3 is 2.16 bits per heavy atom. The SMILES string of the molecule is CC(C)(C)[C@@H](N)C(=O)N1CCC(NS(C)(=O)=O)CC1. The lowest BCUT2D eigenvalue weighted by Gasteiger charge is -2.36. The van der Waals surface area contributed by atoms with Crippen molar-refractivity contribution >= 4 is 15.9 Å². The first-order valence-corrected chi connectivity index (χ1v) is 8.41. The zero-order valence-electron chi connectivity index (χ0n) is 12.1. The van der Waals surface area contributed by atoms with E-state index in [9.17, 15) is 13.2 Å². The first-order valence-electron chi connectivity index (χ1n) is 6.52. The highest BCUT2D eigenvalue weighted by Gasteiger charge is 2.33. The largest absolute Gasteiger partial charge is 0.341 e. The second-order valence-corrected chi connectivity index (χ2v) is 8.11. The van der Waals surface area contributed by atoms with Crippen molar-refractivity contribution in [2.75, 3.05) is 19.3 Å². The number of hydrogen-bond donors (Lipinski definition) is 2. The molecule has 7 heteroatoms. The molecule has 1 rings (SSSR count). The molecule has 0 bridgehead atoms. The molecule has 1 fully saturated rings. The maximum atomic E-state index is 12.2. The summed E-state index contributed by atoms with van der Waals surface area (Å²) in [4.78, 5) is 13.9. The van der Waals surface area contributed by atoms with E-state index in [1.165, 1.54) is 0 Å². The first kappa shape index (κ1) is 16.4. The van der Waals surface area contributed by atoms with Crippen molar-refractivity contribution in [1.29, 1.82) is 0 Å². The third-order valence-electron chi connectivity index (χ3n) is 3.39. The lowest BCUT2D eigenvalue weighted by atomic mass is 9.86. The van der Waals surface area contributed by atoms with Gasteiger partial charge in [-0.25, -0.2) is 13.1 Å². The van der Waals surface area contributed by atoms with Gasteiger partial charge in [-0.3, -0.25) is 4.79 Å². The molecule has 1 heterocycles. The summed E-state index contributed by atoms with van der Waals surface area (Å²) in [5.41, 5.74) is 5.69. The van der Waals surface area contributed by atoms with Crippen LogP contribution in [0.2, 0.25) is 0 Å². The summed E-state index contributed by atoms with van der Waals surface area (Å²) in [5.74, 6) is -0.0506. The molecular weight excluding hydrogens is 266 g/mol. The Bertz CT molecular complexity index is 420. The Balaban J connectivity index is 2.52. The molecule has 19 heavy (non-hydrogen) atoms. The standard InChI is InChI=1S/C12H25N3O3S/c1-12(2,3)10(13)11(16)15-7-5-9(6-8-15)14-19(4,17)18/h9-10,14H,5-8,13H2,1-4H3/t10-/m0/s1. The molecule has 1 saturated heterocycles. The highest BCUT2D eigenvalue weighted by molar-refractivity contribution is 7.88. The first-order chi connectivity index (χ1) is 8.50. The van der Waals surface area contributed by atoms with Crippen LogP contribution in [-0.2, 0) is 14.8 Å². The van der Waals surface area contributed by atoms with Gasteiger partial charge < -0.3 is 10.6 Å². The van der Waals surface area contributed by atoms with Crippen molar-refractivity contribution in [3.05, 3.63) is 0 Å². The van der Waals surface area contributed by atoms with Crippen LogP contribution in [0, 0.1) is 5.41 Å². The molecule has 1 aliphatic heterocycles. The van der Waals surface area contributed by atoms with Crippen molar-refractivity contribution in [1.82, 2.24) is 9.62 Å². The number of sulfonamides is 1. The molecule has 0 aromatic carbocycles. The summed E-state index contributed by atoms with van der Waals surface area (Å²) in [5, 5.41) is 0. The summed E-state index contributed by atoms with van der Waals surface area (Å²) in [6, 6.07) is -0.600. The molecule has 3 N–H and O–H groups in total. The monoisotopic (exact) mass is 291 g/mol. The smallest absolute Gasteiger partial charge is 0.240 e. The summed E-state index contributed by atoms with van der Waals surface area (Å²) in [6.45, 7) is 6.92. The second kappa shape index (κ2) is 5.76. The second-order valence-electron chi connectivity index (χ2n) is 6.33. The molecule has 1 atom stereocenters. The number of carbonyl (C=O) groups is 1. The maximum Gasteiger partial charge on any atom is 0.240 e. The third-order valence-corrected chi connectivity index (χ3v) is 4.15. The highest BCUT2D eigenvalue weighted by atomic mass is 32.2. The lowest BCUT2D eigenvalue weighted by molar-refractivity contribution is -0.136. The normalized spacial score (nSPS) is 20.4. The van der Waals surface area contributed by atoms with Crippen molar-refractivity contribution in [3.63, 3.8) is 0 Å². The van der Waals surface area contributed by atoms with Crippen LogP contribution in [-0.4, -0.2) is 50.7 Å². The fraction of sp³-hybridized carbons (Fsp3) is 0.917. The van der Waals surface area contributed by atoms with Crippen LogP contribution in [0.1, 0.15) is 33.6 Å². The lowest BCUT2D eigenvalue weighted by Crippen LogP contribution is -2.54. The predicted octanol–water partition coefficient (Wildman–Crippen LogP) is -0.1000. The maximum absolute atomic E-state index is 12.2. The van der Waals surface area contributed by atoms with E-state index in [4.69, 9.17) is 5.73 Å². The molecule has 0 saturated carbocycles. The van der Waals surface area contributed by atoms with Gasteiger partial charge in [-0.1, -0.05) is 20.8 Å². The minimum atomic E-state index is -3.18. The van der Waals surface area contributed by atoms with Gasteiger partial charge in [0.1, 0.15) is 0 Å². The quantitative estimate of drug-likeness (QED) is 0.759. The molecule has 1 aliphatic rings. The molecule has 0 spiro atoms. The molecule has 0 aliphatic carbocycles. The molecule has 0 unspecified atom stereocenters. The van der Waals surface area contributed by atoms with Gasteiger partial charge in [0, 0.05) is 19.1 Å². The number of nitrogens with zero attached hydrogens (tertiary/aromatic N) is 1. The van der Waals surface area contributed by atoms with Gasteiger partial charge in [0.25, 0.3) is 0 Å². The Morgan fingerprint density at radius 1 is 1.32 bits per heavy atom. The van der Waals surface area contributed by atoms with E-state index < -0.39 is 16.1 Å². The predicted molar refractivity (Wildman–Crippen MR) is 75.0 cm³/mol. The van der Waals surface area contributed by atoms with E-state index >= 15 is 0 Å². The molecule has 0 aromatic heterocycles. The molecule has 1 amide bonds. The number of carbonyl (C=O) groups excluding carboxylic acids is 1. The number of likely N-dealkylation sites (tertiary alicyclic amines) is 1. The topological polar surface area (TPSA) is 92.5 Å². The number of nitrogens with one attached hydrogen (secondary N) is 1. The minimum Gasteiger partial charge on any atom is -0.341 e. The number of piperidine rings is 1. The molecule has 6 nitrogen and oxygen atoms in total. The summed E-state index contributed by atoms with van der Waals surface area (Å²) in [6.07, 6.45) is 2.42. The average Bonchev–Trinajstić information content (AvgIpc) is 2.24. The van der Waals surface area contributed by atoms with Crippen LogP contribution in [0.25, 0.3) is 0 Å². The van der Waals surface area contributed by atoms with Gasteiger partial charge in [-0.05, 0) is 18.3 Å². The van der Waals surface area contributed by atoms with Crippen LogP contribution < -0.4 is 10.5 Å². The Labute approximate surface area is 115 Å². The van der Waals surface area contributed by atoms with Crippen LogP contribution in [0.4, 0.5) is 0 Å². The van der Waals surface area contributed by atoms with Crippen LogP contribution in [0.3, 0.4) is 0 Å². The molecule has 112 valence electrons. The van der Waals surface area contributed by atoms with E-state index in [-0.39, 0.29) is 17.4 Å². The van der Waals surface area contributed by atoms with Crippen molar-refractivity contribution < 1.29 is 13.2 Å². The van der Waals surface area contributed by atoms with Crippen molar-refractivity contribution in [2.24, 2.45) is 11.1 Å². The summed E-state index contributed by atoms with van der Waals surface area (Å²) in [7, 11) is -3.18. The van der Waals surface area contributed by atoms with Gasteiger partial charge in [0.15, 0.2) is 0 Å². The van der Waals surface area contributed by atoms with E-state index in [2.05, 4.69) is 4.72 Å². The van der Waals surface area contributed by atoms with E-state index in [0.29, 0.717) is 25.9 Å².